The lowest BCUT2D eigenvalue weighted by Gasteiger charge is -2.33. The molecule has 1 N–H and O–H groups in total. The number of rotatable bonds is 5. The molecule has 1 aromatic rings. The van der Waals surface area contributed by atoms with Gasteiger partial charge >= 0.3 is 0 Å². The maximum atomic E-state index is 14.3. The Bertz CT molecular complexity index is 431. The molecule has 2 nitrogen and oxygen atoms in total. The first-order chi connectivity index (χ1) is 9.56. The number of piperidine rings is 1. The second kappa shape index (κ2) is 7.07. The second-order valence-electron chi connectivity index (χ2n) is 6.50. The van der Waals surface area contributed by atoms with Gasteiger partial charge in [-0.05, 0) is 48.9 Å². The molecule has 1 aromatic carbocycles. The first-order valence-corrected chi connectivity index (χ1v) is 7.80. The zero-order valence-corrected chi connectivity index (χ0v) is 13.0. The number of hydrogen-bond acceptors (Lipinski definition) is 2. The zero-order valence-electron chi connectivity index (χ0n) is 13.0. The molecule has 112 valence electrons. The van der Waals surface area contributed by atoms with Crippen molar-refractivity contribution in [3.63, 3.8) is 0 Å². The Balaban J connectivity index is 1.98. The Hall–Kier alpha value is -1.09. The number of halogens is 1. The summed E-state index contributed by atoms with van der Waals surface area (Å²) in [6.45, 7) is 10.3. The Morgan fingerprint density at radius 2 is 2.20 bits per heavy atom. The summed E-state index contributed by atoms with van der Waals surface area (Å²) in [5.41, 5.74) is 1.79. The third-order valence-corrected chi connectivity index (χ3v) is 3.89. The van der Waals surface area contributed by atoms with Gasteiger partial charge in [-0.3, -0.25) is 0 Å². The summed E-state index contributed by atoms with van der Waals surface area (Å²) in [6, 6.07) is 5.67. The Morgan fingerprint density at radius 3 is 2.85 bits per heavy atom. The first-order valence-electron chi connectivity index (χ1n) is 7.80. The summed E-state index contributed by atoms with van der Waals surface area (Å²) in [5, 5.41) is 3.35. The van der Waals surface area contributed by atoms with Gasteiger partial charge in [0.2, 0.25) is 0 Å². The highest BCUT2D eigenvalue weighted by molar-refractivity contribution is 5.49. The normalized spacial score (nSPS) is 19.6. The van der Waals surface area contributed by atoms with E-state index in [1.165, 1.54) is 6.42 Å². The van der Waals surface area contributed by atoms with Crippen LogP contribution < -0.4 is 10.2 Å². The van der Waals surface area contributed by atoms with E-state index in [1.54, 1.807) is 6.07 Å². The highest BCUT2D eigenvalue weighted by Crippen LogP contribution is 2.26. The van der Waals surface area contributed by atoms with Crippen LogP contribution in [0.4, 0.5) is 10.1 Å². The van der Waals surface area contributed by atoms with Crippen molar-refractivity contribution < 1.29 is 4.39 Å². The van der Waals surface area contributed by atoms with Gasteiger partial charge in [0.15, 0.2) is 0 Å². The molecule has 1 unspecified atom stereocenters. The van der Waals surface area contributed by atoms with E-state index in [4.69, 9.17) is 0 Å². The smallest absolute Gasteiger partial charge is 0.146 e. The van der Waals surface area contributed by atoms with E-state index >= 15 is 0 Å². The second-order valence-corrected chi connectivity index (χ2v) is 6.50. The van der Waals surface area contributed by atoms with Gasteiger partial charge in [-0.1, -0.05) is 26.8 Å². The van der Waals surface area contributed by atoms with E-state index in [-0.39, 0.29) is 5.82 Å². The molecule has 0 amide bonds. The molecular formula is C17H27FN2. The summed E-state index contributed by atoms with van der Waals surface area (Å²) in [7, 11) is 0. The van der Waals surface area contributed by atoms with Gasteiger partial charge in [0.1, 0.15) is 5.82 Å². The number of anilines is 1. The molecule has 0 bridgehead atoms. The van der Waals surface area contributed by atoms with Crippen molar-refractivity contribution >= 4 is 5.69 Å². The lowest BCUT2D eigenvalue weighted by molar-refractivity contribution is 0.442. The molecule has 1 saturated heterocycles. The third-order valence-electron chi connectivity index (χ3n) is 3.89. The molecule has 0 radical (unpaired) electrons. The van der Waals surface area contributed by atoms with E-state index in [1.807, 2.05) is 12.1 Å². The van der Waals surface area contributed by atoms with Gasteiger partial charge < -0.3 is 10.2 Å². The van der Waals surface area contributed by atoms with Gasteiger partial charge in [0.05, 0.1) is 5.69 Å². The minimum absolute atomic E-state index is 0.0806. The maximum Gasteiger partial charge on any atom is 0.146 e. The summed E-state index contributed by atoms with van der Waals surface area (Å²) < 4.78 is 14.3. The average molecular weight is 278 g/mol. The molecule has 0 aromatic heterocycles. The van der Waals surface area contributed by atoms with Crippen LogP contribution >= 0.6 is 0 Å². The fraction of sp³-hybridized carbons (Fsp3) is 0.647. The van der Waals surface area contributed by atoms with Gasteiger partial charge in [0.25, 0.3) is 0 Å². The fourth-order valence-electron chi connectivity index (χ4n) is 2.83. The van der Waals surface area contributed by atoms with E-state index in [2.05, 4.69) is 31.0 Å². The monoisotopic (exact) mass is 278 g/mol. The van der Waals surface area contributed by atoms with Gasteiger partial charge in [0, 0.05) is 19.6 Å². The molecule has 0 saturated carbocycles. The number of nitrogens with zero attached hydrogens (tertiary/aromatic N) is 1. The van der Waals surface area contributed by atoms with Crippen LogP contribution in [0.3, 0.4) is 0 Å². The summed E-state index contributed by atoms with van der Waals surface area (Å²) in [4.78, 5) is 2.19. The van der Waals surface area contributed by atoms with Crippen LogP contribution in [0.15, 0.2) is 18.2 Å². The third kappa shape index (κ3) is 4.20. The van der Waals surface area contributed by atoms with Gasteiger partial charge in [-0.15, -0.1) is 0 Å². The molecule has 2 rings (SSSR count). The van der Waals surface area contributed by atoms with Crippen molar-refractivity contribution in [1.82, 2.24) is 5.32 Å². The topological polar surface area (TPSA) is 15.3 Å². The Morgan fingerprint density at radius 1 is 1.40 bits per heavy atom. The zero-order chi connectivity index (χ0) is 14.5. The van der Waals surface area contributed by atoms with E-state index in [0.29, 0.717) is 11.8 Å². The van der Waals surface area contributed by atoms with Crippen LogP contribution in [0.25, 0.3) is 0 Å². The lowest BCUT2D eigenvalue weighted by atomic mass is 9.99. The number of nitrogens with one attached hydrogen (secondary N) is 1. The molecule has 0 aliphatic carbocycles. The maximum absolute atomic E-state index is 14.3. The van der Waals surface area contributed by atoms with Crippen LogP contribution in [0.1, 0.15) is 39.2 Å². The minimum atomic E-state index is -0.0806. The molecule has 1 fully saturated rings. The average Bonchev–Trinajstić information content (AvgIpc) is 2.38. The van der Waals surface area contributed by atoms with Crippen molar-refractivity contribution in [1.29, 1.82) is 0 Å². The molecular weight excluding hydrogens is 251 g/mol. The highest BCUT2D eigenvalue weighted by atomic mass is 19.1. The summed E-state index contributed by atoms with van der Waals surface area (Å²) >= 11 is 0. The Labute approximate surface area is 122 Å². The van der Waals surface area contributed by atoms with E-state index in [9.17, 15) is 4.39 Å². The largest absolute Gasteiger partial charge is 0.369 e. The Kier molecular flexibility index (Phi) is 5.41. The van der Waals surface area contributed by atoms with Gasteiger partial charge in [-0.2, -0.15) is 0 Å². The van der Waals surface area contributed by atoms with Crippen molar-refractivity contribution in [2.24, 2.45) is 11.8 Å². The van der Waals surface area contributed by atoms with Crippen LogP contribution in [0.5, 0.6) is 0 Å². The minimum Gasteiger partial charge on any atom is -0.369 e. The number of benzene rings is 1. The van der Waals surface area contributed by atoms with Crippen LogP contribution in [-0.2, 0) is 6.54 Å². The molecule has 3 heteroatoms. The summed E-state index contributed by atoms with van der Waals surface area (Å²) in [6.07, 6.45) is 2.42. The van der Waals surface area contributed by atoms with Crippen molar-refractivity contribution in [3.8, 4) is 0 Å². The highest BCUT2D eigenvalue weighted by Gasteiger charge is 2.19. The predicted octanol–water partition coefficient (Wildman–Crippen LogP) is 3.81. The van der Waals surface area contributed by atoms with E-state index in [0.717, 1.165) is 43.9 Å². The molecule has 0 spiro atoms. The lowest BCUT2D eigenvalue weighted by Crippen LogP contribution is -2.34. The van der Waals surface area contributed by atoms with Crippen molar-refractivity contribution in [2.45, 2.75) is 40.2 Å². The summed E-state index contributed by atoms with van der Waals surface area (Å²) in [5.74, 6) is 1.20. The van der Waals surface area contributed by atoms with Crippen LogP contribution in [0, 0.1) is 17.7 Å². The molecule has 1 atom stereocenters. The first kappa shape index (κ1) is 15.3. The van der Waals surface area contributed by atoms with Crippen molar-refractivity contribution in [3.05, 3.63) is 29.6 Å². The van der Waals surface area contributed by atoms with Crippen LogP contribution in [0.2, 0.25) is 0 Å². The van der Waals surface area contributed by atoms with E-state index < -0.39 is 0 Å². The molecule has 1 heterocycles. The predicted molar refractivity (Wildman–Crippen MR) is 83.6 cm³/mol. The molecule has 1 aliphatic rings. The van der Waals surface area contributed by atoms with Crippen molar-refractivity contribution in [2.75, 3.05) is 24.5 Å². The SMILES string of the molecule is CC(C)CNCc1ccc(N2CCCC(C)C2)c(F)c1. The quantitative estimate of drug-likeness (QED) is 0.881. The number of hydrogen-bond donors (Lipinski definition) is 1. The molecule has 20 heavy (non-hydrogen) atoms. The van der Waals surface area contributed by atoms with Crippen LogP contribution in [-0.4, -0.2) is 19.6 Å². The molecule has 1 aliphatic heterocycles. The fourth-order valence-corrected chi connectivity index (χ4v) is 2.83. The van der Waals surface area contributed by atoms with Gasteiger partial charge in [-0.25, -0.2) is 4.39 Å². The standard InChI is InChI=1S/C17H27FN2/c1-13(2)10-19-11-15-6-7-17(16(18)9-15)20-8-4-5-14(3)12-20/h6-7,9,13-14,19H,4-5,8,10-12H2,1-3H3.